The molecule has 1 fully saturated rings. The Morgan fingerprint density at radius 2 is 2.16 bits per heavy atom. The molecular weight excluding hydrogens is 270 g/mol. The van der Waals surface area contributed by atoms with Crippen molar-refractivity contribution < 1.29 is 14.4 Å². The van der Waals surface area contributed by atoms with Crippen LogP contribution in [0.5, 0.6) is 0 Å². The number of nitrogens with one attached hydrogen (secondary N) is 1. The number of piperazine rings is 1. The Balaban J connectivity index is 2.36. The second-order valence-corrected chi connectivity index (χ2v) is 5.08. The highest BCUT2D eigenvalue weighted by Gasteiger charge is 2.43. The zero-order valence-corrected chi connectivity index (χ0v) is 11.2. The first-order valence-corrected chi connectivity index (χ1v) is 5.98. The molecule has 3 amide bonds. The smallest absolute Gasteiger partial charge is 0.255 e. The fraction of sp³-hybridized carbons (Fsp3) is 0.333. The van der Waals surface area contributed by atoms with E-state index in [0.717, 1.165) is 0 Å². The van der Waals surface area contributed by atoms with Crippen LogP contribution >= 0.6 is 11.6 Å². The fourth-order valence-corrected chi connectivity index (χ4v) is 1.97. The molecule has 19 heavy (non-hydrogen) atoms. The molecule has 0 radical (unpaired) electrons. The number of nitrogens with zero attached hydrogens (tertiary/aromatic N) is 2. The monoisotopic (exact) mass is 281 g/mol. The number of imide groups is 1. The van der Waals surface area contributed by atoms with Gasteiger partial charge in [0.25, 0.3) is 11.8 Å². The number of halogens is 1. The molecule has 1 N–H and O–H groups in total. The summed E-state index contributed by atoms with van der Waals surface area (Å²) in [6.07, 6.45) is 1.40. The first-order chi connectivity index (χ1) is 8.82. The molecule has 0 spiro atoms. The summed E-state index contributed by atoms with van der Waals surface area (Å²) in [7, 11) is 0. The van der Waals surface area contributed by atoms with E-state index in [4.69, 9.17) is 11.6 Å². The highest BCUT2D eigenvalue weighted by molar-refractivity contribution is 6.29. The first kappa shape index (κ1) is 13.5. The lowest BCUT2D eigenvalue weighted by molar-refractivity contribution is -0.143. The normalized spacial score (nSPS) is 18.2. The Morgan fingerprint density at radius 3 is 2.79 bits per heavy atom. The van der Waals surface area contributed by atoms with Crippen molar-refractivity contribution in [2.24, 2.45) is 0 Å². The van der Waals surface area contributed by atoms with Crippen LogP contribution in [0.3, 0.4) is 0 Å². The van der Waals surface area contributed by atoms with Gasteiger partial charge in [-0.3, -0.25) is 19.7 Å². The van der Waals surface area contributed by atoms with Gasteiger partial charge in [0.2, 0.25) is 5.91 Å². The summed E-state index contributed by atoms with van der Waals surface area (Å²) in [5.41, 5.74) is -0.809. The number of carbonyl (C=O) groups excluding carboxylic acids is 3. The molecule has 1 aromatic rings. The summed E-state index contributed by atoms with van der Waals surface area (Å²) in [5, 5.41) is 2.38. The number of aromatic nitrogens is 1. The van der Waals surface area contributed by atoms with Crippen LogP contribution in [0.4, 0.5) is 0 Å². The van der Waals surface area contributed by atoms with E-state index >= 15 is 0 Å². The fourth-order valence-electron chi connectivity index (χ4n) is 1.80. The molecule has 100 valence electrons. The van der Waals surface area contributed by atoms with Gasteiger partial charge in [0.05, 0.1) is 0 Å². The first-order valence-electron chi connectivity index (χ1n) is 5.60. The molecule has 2 heterocycles. The van der Waals surface area contributed by atoms with Crippen molar-refractivity contribution in [2.45, 2.75) is 19.4 Å². The third kappa shape index (κ3) is 2.44. The lowest BCUT2D eigenvalue weighted by Crippen LogP contribution is -2.65. The predicted molar refractivity (Wildman–Crippen MR) is 67.5 cm³/mol. The Hall–Kier alpha value is -1.95. The summed E-state index contributed by atoms with van der Waals surface area (Å²) < 4.78 is 0. The molecule has 0 aliphatic carbocycles. The van der Waals surface area contributed by atoms with Crippen LogP contribution in [0.15, 0.2) is 18.3 Å². The van der Waals surface area contributed by atoms with Crippen LogP contribution < -0.4 is 5.32 Å². The van der Waals surface area contributed by atoms with Crippen molar-refractivity contribution in [3.8, 4) is 0 Å². The van der Waals surface area contributed by atoms with E-state index in [9.17, 15) is 14.4 Å². The molecular formula is C12H12ClN3O3. The minimum absolute atomic E-state index is 0.169. The zero-order valence-electron chi connectivity index (χ0n) is 10.4. The van der Waals surface area contributed by atoms with Crippen LogP contribution in [0.2, 0.25) is 5.15 Å². The van der Waals surface area contributed by atoms with Gasteiger partial charge >= 0.3 is 0 Å². The van der Waals surface area contributed by atoms with Crippen molar-refractivity contribution in [3.63, 3.8) is 0 Å². The van der Waals surface area contributed by atoms with Gasteiger partial charge in [0.15, 0.2) is 0 Å². The minimum Gasteiger partial charge on any atom is -0.315 e. The number of carbonyl (C=O) groups is 3. The van der Waals surface area contributed by atoms with Crippen LogP contribution in [-0.4, -0.2) is 39.7 Å². The van der Waals surface area contributed by atoms with Crippen molar-refractivity contribution in [3.05, 3.63) is 29.0 Å². The van der Waals surface area contributed by atoms with E-state index in [1.54, 1.807) is 13.8 Å². The van der Waals surface area contributed by atoms with E-state index in [0.29, 0.717) is 0 Å². The molecule has 0 bridgehead atoms. The van der Waals surface area contributed by atoms with Crippen molar-refractivity contribution >= 4 is 29.3 Å². The Labute approximate surface area is 114 Å². The summed E-state index contributed by atoms with van der Waals surface area (Å²) in [5.74, 6) is -1.44. The molecule has 0 unspecified atom stereocenters. The molecule has 7 heteroatoms. The topological polar surface area (TPSA) is 79.4 Å². The van der Waals surface area contributed by atoms with E-state index < -0.39 is 23.3 Å². The van der Waals surface area contributed by atoms with E-state index in [1.807, 2.05) is 0 Å². The van der Waals surface area contributed by atoms with Crippen LogP contribution in [0.1, 0.15) is 24.2 Å². The largest absolute Gasteiger partial charge is 0.315 e. The maximum absolute atomic E-state index is 12.4. The van der Waals surface area contributed by atoms with Crippen LogP contribution in [-0.2, 0) is 9.59 Å². The van der Waals surface area contributed by atoms with Crippen molar-refractivity contribution in [2.75, 3.05) is 6.54 Å². The third-order valence-corrected chi connectivity index (χ3v) is 3.21. The maximum atomic E-state index is 12.4. The molecule has 1 saturated heterocycles. The summed E-state index contributed by atoms with van der Waals surface area (Å²) in [4.78, 5) is 40.6. The molecule has 6 nitrogen and oxygen atoms in total. The van der Waals surface area contributed by atoms with Crippen molar-refractivity contribution in [1.29, 1.82) is 0 Å². The van der Waals surface area contributed by atoms with Gasteiger partial charge in [-0.25, -0.2) is 4.98 Å². The molecule has 0 aromatic carbocycles. The average molecular weight is 282 g/mol. The van der Waals surface area contributed by atoms with E-state index in [2.05, 4.69) is 10.3 Å². The highest BCUT2D eigenvalue weighted by Crippen LogP contribution is 2.21. The number of amides is 3. The van der Waals surface area contributed by atoms with Gasteiger partial charge in [-0.1, -0.05) is 11.6 Å². The predicted octanol–water partition coefficient (Wildman–Crippen LogP) is 0.612. The van der Waals surface area contributed by atoms with Gasteiger partial charge in [0, 0.05) is 11.8 Å². The molecule has 1 aliphatic heterocycles. The molecule has 0 atom stereocenters. The van der Waals surface area contributed by atoms with Crippen LogP contribution in [0.25, 0.3) is 0 Å². The van der Waals surface area contributed by atoms with Gasteiger partial charge in [-0.15, -0.1) is 0 Å². The van der Waals surface area contributed by atoms with Crippen LogP contribution in [0, 0.1) is 0 Å². The number of hydrogen-bond acceptors (Lipinski definition) is 4. The highest BCUT2D eigenvalue weighted by atomic mass is 35.5. The summed E-state index contributed by atoms with van der Waals surface area (Å²) in [6, 6.07) is 2.89. The Kier molecular flexibility index (Phi) is 3.28. The second kappa shape index (κ2) is 4.62. The number of rotatable bonds is 1. The van der Waals surface area contributed by atoms with E-state index in [-0.39, 0.29) is 17.3 Å². The van der Waals surface area contributed by atoms with Gasteiger partial charge in [0.1, 0.15) is 17.2 Å². The van der Waals surface area contributed by atoms with Gasteiger partial charge in [-0.2, -0.15) is 0 Å². The quantitative estimate of drug-likeness (QED) is 0.604. The lowest BCUT2D eigenvalue weighted by Gasteiger charge is -2.40. The molecule has 0 saturated carbocycles. The minimum atomic E-state index is -1.10. The lowest BCUT2D eigenvalue weighted by atomic mass is 9.97. The standard InChI is InChI=1S/C12H12ClN3O3/c1-12(2)11(19)15-9(17)6-16(12)10(18)7-3-4-14-8(13)5-7/h3-5H,6H2,1-2H3,(H,15,17,19). The summed E-state index contributed by atoms with van der Waals surface area (Å²) in [6.45, 7) is 2.99. The Morgan fingerprint density at radius 1 is 1.47 bits per heavy atom. The van der Waals surface area contributed by atoms with Crippen molar-refractivity contribution in [1.82, 2.24) is 15.2 Å². The average Bonchev–Trinajstić information content (AvgIpc) is 2.33. The molecule has 1 aromatic heterocycles. The maximum Gasteiger partial charge on any atom is 0.255 e. The molecule has 2 rings (SSSR count). The van der Waals surface area contributed by atoms with Gasteiger partial charge < -0.3 is 4.90 Å². The van der Waals surface area contributed by atoms with E-state index in [1.165, 1.54) is 23.2 Å². The molecule has 1 aliphatic rings. The SMILES string of the molecule is CC1(C)C(=O)NC(=O)CN1C(=O)c1ccnc(Cl)c1. The number of hydrogen-bond donors (Lipinski definition) is 1. The summed E-state index contributed by atoms with van der Waals surface area (Å²) >= 11 is 5.73. The number of pyridine rings is 1. The van der Waals surface area contributed by atoms with Gasteiger partial charge in [-0.05, 0) is 26.0 Å². The third-order valence-electron chi connectivity index (χ3n) is 3.00. The second-order valence-electron chi connectivity index (χ2n) is 4.69. The zero-order chi connectivity index (χ0) is 14.2. The Bertz CT molecular complexity index is 571.